The number of likely N-dealkylation sites (tertiary alicyclic amines) is 1. The molecule has 0 saturated carbocycles. The van der Waals surface area contributed by atoms with Gasteiger partial charge in [-0.3, -0.25) is 14.5 Å². The molecule has 1 saturated heterocycles. The summed E-state index contributed by atoms with van der Waals surface area (Å²) in [6.07, 6.45) is 2.48. The zero-order valence-electron chi connectivity index (χ0n) is 17.8. The number of nitrogens with zero attached hydrogens (tertiary/aromatic N) is 1. The van der Waals surface area contributed by atoms with Crippen molar-refractivity contribution >= 4 is 11.7 Å². The van der Waals surface area contributed by atoms with Crippen molar-refractivity contribution in [2.24, 2.45) is 0 Å². The van der Waals surface area contributed by atoms with Gasteiger partial charge in [-0.15, -0.1) is 0 Å². The Morgan fingerprint density at radius 2 is 2.00 bits per heavy atom. The van der Waals surface area contributed by atoms with E-state index in [0.29, 0.717) is 17.7 Å². The lowest BCUT2D eigenvalue weighted by Gasteiger charge is -2.32. The Morgan fingerprint density at radius 3 is 2.62 bits per heavy atom. The number of ether oxygens (including phenoxy) is 1. The Kier molecular flexibility index (Phi) is 6.75. The average molecular weight is 398 g/mol. The molecule has 156 valence electrons. The van der Waals surface area contributed by atoms with Crippen molar-refractivity contribution in [1.29, 1.82) is 0 Å². The van der Waals surface area contributed by atoms with E-state index in [9.17, 15) is 9.59 Å². The zero-order valence-corrected chi connectivity index (χ0v) is 17.8. The van der Waals surface area contributed by atoms with Crippen molar-refractivity contribution < 1.29 is 14.3 Å². The van der Waals surface area contributed by atoms with Crippen LogP contribution >= 0.6 is 0 Å². The number of methoxy groups -OCH3 is 1. The highest BCUT2D eigenvalue weighted by Gasteiger charge is 2.25. The topological polar surface area (TPSA) is 74.4 Å². The lowest BCUT2D eigenvalue weighted by atomic mass is 10.0. The lowest BCUT2D eigenvalue weighted by Crippen LogP contribution is -2.44. The third kappa shape index (κ3) is 4.88. The quantitative estimate of drug-likeness (QED) is 0.702. The summed E-state index contributed by atoms with van der Waals surface area (Å²) in [6.45, 7) is 8.13. The zero-order chi connectivity index (χ0) is 21.0. The first-order chi connectivity index (χ1) is 13.9. The van der Waals surface area contributed by atoms with Crippen molar-refractivity contribution in [3.63, 3.8) is 0 Å². The Balaban J connectivity index is 1.57. The lowest BCUT2D eigenvalue weighted by molar-refractivity contribution is 0.0903. The largest absolute Gasteiger partial charge is 0.497 e. The number of H-pyrrole nitrogens is 1. The van der Waals surface area contributed by atoms with Crippen LogP contribution in [0, 0.1) is 6.92 Å². The summed E-state index contributed by atoms with van der Waals surface area (Å²) >= 11 is 0. The second-order valence-electron chi connectivity index (χ2n) is 7.76. The fraction of sp³-hybridized carbons (Fsp3) is 0.478. The number of aromatic nitrogens is 1. The number of aromatic amines is 1. The Labute approximate surface area is 172 Å². The van der Waals surface area contributed by atoms with Crippen molar-refractivity contribution in [2.75, 3.05) is 20.2 Å². The molecule has 6 heteroatoms. The first-order valence-corrected chi connectivity index (χ1v) is 10.3. The van der Waals surface area contributed by atoms with Crippen LogP contribution in [-0.2, 0) is 13.0 Å². The first-order valence-electron chi connectivity index (χ1n) is 10.3. The first kappa shape index (κ1) is 21.1. The third-order valence-corrected chi connectivity index (χ3v) is 5.69. The number of carbonyl (C=O) groups excluding carboxylic acids is 2. The van der Waals surface area contributed by atoms with E-state index in [-0.39, 0.29) is 17.7 Å². The highest BCUT2D eigenvalue weighted by Crippen LogP contribution is 2.22. The van der Waals surface area contributed by atoms with Crippen LogP contribution in [0.3, 0.4) is 0 Å². The van der Waals surface area contributed by atoms with Gasteiger partial charge in [0.05, 0.1) is 7.11 Å². The number of carbonyl (C=O) groups is 2. The minimum atomic E-state index is -0.108. The molecule has 2 heterocycles. The standard InChI is InChI=1S/C23H31N3O3/c1-5-20-21(16(3)27)15(2)24-22(20)23(28)25-18-9-11-26(12-10-18)14-17-7-6-8-19(13-17)29-4/h6-8,13,18,24H,5,9-12,14H2,1-4H3,(H,25,28). The maximum atomic E-state index is 12.8. The molecule has 2 aromatic rings. The number of aryl methyl sites for hydroxylation is 1. The van der Waals surface area contributed by atoms with Crippen LogP contribution in [0.15, 0.2) is 24.3 Å². The van der Waals surface area contributed by atoms with Gasteiger partial charge in [0.2, 0.25) is 0 Å². The van der Waals surface area contributed by atoms with Gasteiger partial charge in [-0.1, -0.05) is 19.1 Å². The summed E-state index contributed by atoms with van der Waals surface area (Å²) in [6, 6.07) is 8.30. The molecule has 0 unspecified atom stereocenters. The van der Waals surface area contributed by atoms with Gasteiger partial charge in [0.25, 0.3) is 5.91 Å². The SMILES string of the molecule is CCc1c(C(=O)NC2CCN(Cc3cccc(OC)c3)CC2)[nH]c(C)c1C(C)=O. The summed E-state index contributed by atoms with van der Waals surface area (Å²) in [7, 11) is 1.68. The molecule has 1 amide bonds. The molecule has 1 aromatic heterocycles. The second kappa shape index (κ2) is 9.27. The van der Waals surface area contributed by atoms with E-state index in [0.717, 1.165) is 49.5 Å². The van der Waals surface area contributed by atoms with Gasteiger partial charge in [0.15, 0.2) is 5.78 Å². The molecule has 1 aromatic carbocycles. The van der Waals surface area contributed by atoms with Gasteiger partial charge < -0.3 is 15.0 Å². The Morgan fingerprint density at radius 1 is 1.28 bits per heavy atom. The molecule has 29 heavy (non-hydrogen) atoms. The van der Waals surface area contributed by atoms with Gasteiger partial charge in [0.1, 0.15) is 11.4 Å². The number of nitrogens with one attached hydrogen (secondary N) is 2. The molecule has 6 nitrogen and oxygen atoms in total. The molecule has 1 fully saturated rings. The summed E-state index contributed by atoms with van der Waals surface area (Å²) in [5.41, 5.74) is 4.02. The van der Waals surface area contributed by atoms with Gasteiger partial charge in [0, 0.05) is 36.9 Å². The molecule has 0 radical (unpaired) electrons. The van der Waals surface area contributed by atoms with Crippen LogP contribution in [-0.4, -0.2) is 47.8 Å². The number of piperidine rings is 1. The highest BCUT2D eigenvalue weighted by molar-refractivity contribution is 6.02. The van der Waals surface area contributed by atoms with Crippen molar-refractivity contribution in [3.8, 4) is 5.75 Å². The number of hydrogen-bond acceptors (Lipinski definition) is 4. The number of ketones is 1. The van der Waals surface area contributed by atoms with Gasteiger partial charge in [-0.2, -0.15) is 0 Å². The van der Waals surface area contributed by atoms with Gasteiger partial charge >= 0.3 is 0 Å². The Hall–Kier alpha value is -2.60. The van der Waals surface area contributed by atoms with E-state index >= 15 is 0 Å². The smallest absolute Gasteiger partial charge is 0.268 e. The number of rotatable bonds is 7. The summed E-state index contributed by atoms with van der Waals surface area (Å²) in [4.78, 5) is 30.3. The molecular formula is C23H31N3O3. The molecule has 1 aliphatic rings. The summed E-state index contributed by atoms with van der Waals surface area (Å²) in [5.74, 6) is 0.770. The van der Waals surface area contributed by atoms with E-state index in [2.05, 4.69) is 27.3 Å². The molecule has 0 aliphatic carbocycles. The van der Waals surface area contributed by atoms with Crippen molar-refractivity contribution in [2.45, 2.75) is 52.6 Å². The summed E-state index contributed by atoms with van der Waals surface area (Å²) < 4.78 is 5.30. The predicted octanol–water partition coefficient (Wildman–Crippen LogP) is 3.49. The second-order valence-corrected chi connectivity index (χ2v) is 7.76. The highest BCUT2D eigenvalue weighted by atomic mass is 16.5. The Bertz CT molecular complexity index is 879. The van der Waals surface area contributed by atoms with E-state index in [1.54, 1.807) is 14.0 Å². The molecule has 0 atom stereocenters. The van der Waals surface area contributed by atoms with Gasteiger partial charge in [-0.25, -0.2) is 0 Å². The molecular weight excluding hydrogens is 366 g/mol. The van der Waals surface area contributed by atoms with Crippen molar-refractivity contribution in [3.05, 3.63) is 52.3 Å². The van der Waals surface area contributed by atoms with Gasteiger partial charge in [-0.05, 0) is 56.4 Å². The number of benzene rings is 1. The van der Waals surface area contributed by atoms with Crippen LogP contribution in [0.4, 0.5) is 0 Å². The predicted molar refractivity (Wildman–Crippen MR) is 114 cm³/mol. The van der Waals surface area contributed by atoms with Crippen LogP contribution in [0.1, 0.15) is 64.4 Å². The fourth-order valence-corrected chi connectivity index (χ4v) is 4.22. The fourth-order valence-electron chi connectivity index (χ4n) is 4.22. The maximum Gasteiger partial charge on any atom is 0.268 e. The number of hydrogen-bond donors (Lipinski definition) is 2. The van der Waals surface area contributed by atoms with Crippen LogP contribution in [0.25, 0.3) is 0 Å². The number of amides is 1. The number of Topliss-reactive ketones (excluding diaryl/α,β-unsaturated/α-hetero) is 1. The summed E-state index contributed by atoms with van der Waals surface area (Å²) in [5, 5.41) is 3.16. The monoisotopic (exact) mass is 397 g/mol. The van der Waals surface area contributed by atoms with Crippen LogP contribution in [0.5, 0.6) is 5.75 Å². The minimum Gasteiger partial charge on any atom is -0.497 e. The van der Waals surface area contributed by atoms with E-state index < -0.39 is 0 Å². The molecule has 0 spiro atoms. The van der Waals surface area contributed by atoms with Crippen LogP contribution in [0.2, 0.25) is 0 Å². The molecule has 0 bridgehead atoms. The third-order valence-electron chi connectivity index (χ3n) is 5.69. The minimum absolute atomic E-state index is 0.000464. The molecule has 1 aliphatic heterocycles. The van der Waals surface area contributed by atoms with E-state index in [1.807, 2.05) is 26.0 Å². The normalized spacial score (nSPS) is 15.3. The van der Waals surface area contributed by atoms with E-state index in [1.165, 1.54) is 5.56 Å². The van der Waals surface area contributed by atoms with Crippen molar-refractivity contribution in [1.82, 2.24) is 15.2 Å². The van der Waals surface area contributed by atoms with Crippen LogP contribution < -0.4 is 10.1 Å². The maximum absolute atomic E-state index is 12.8. The molecule has 3 rings (SSSR count). The van der Waals surface area contributed by atoms with E-state index in [4.69, 9.17) is 4.74 Å². The average Bonchev–Trinajstić information content (AvgIpc) is 3.06. The molecule has 2 N–H and O–H groups in total.